The van der Waals surface area contributed by atoms with Crippen LogP contribution in [0.25, 0.3) is 6.08 Å². The van der Waals surface area contributed by atoms with Crippen LogP contribution in [0.4, 0.5) is 0 Å². The van der Waals surface area contributed by atoms with Crippen molar-refractivity contribution >= 4 is 50.1 Å². The molecule has 0 spiro atoms. The van der Waals surface area contributed by atoms with Crippen LogP contribution in [-0.4, -0.2) is 41.1 Å². The highest BCUT2D eigenvalue weighted by atomic mass is 32.2. The van der Waals surface area contributed by atoms with Gasteiger partial charge in [-0.25, -0.2) is 8.42 Å². The average Bonchev–Trinajstić information content (AvgIpc) is 3.20. The fourth-order valence-corrected chi connectivity index (χ4v) is 6.43. The van der Waals surface area contributed by atoms with Crippen molar-refractivity contribution < 1.29 is 17.9 Å². The average molecular weight is 446 g/mol. The molecule has 0 aliphatic carbocycles. The first-order chi connectivity index (χ1) is 13.9. The zero-order valence-electron chi connectivity index (χ0n) is 15.5. The lowest BCUT2D eigenvalue weighted by atomic mass is 10.2. The molecule has 2 aromatic carbocycles. The van der Waals surface area contributed by atoms with Gasteiger partial charge in [0.15, 0.2) is 9.84 Å². The molecule has 2 aromatic rings. The number of carbonyl (C=O) groups is 1. The van der Waals surface area contributed by atoms with Crippen molar-refractivity contribution in [3.05, 3.63) is 70.6 Å². The van der Waals surface area contributed by atoms with Gasteiger partial charge in [0.25, 0.3) is 5.91 Å². The van der Waals surface area contributed by atoms with Crippen LogP contribution in [0.1, 0.15) is 17.5 Å². The van der Waals surface area contributed by atoms with Crippen LogP contribution < -0.4 is 4.74 Å². The number of ether oxygens (including phenoxy) is 1. The van der Waals surface area contributed by atoms with Gasteiger partial charge in [-0.2, -0.15) is 0 Å². The van der Waals surface area contributed by atoms with Gasteiger partial charge in [-0.3, -0.25) is 9.69 Å². The molecule has 29 heavy (non-hydrogen) atoms. The molecular formula is C21H19NO4S3. The summed E-state index contributed by atoms with van der Waals surface area (Å²) in [5.74, 6) is 0.625. The van der Waals surface area contributed by atoms with Crippen LogP contribution in [0.3, 0.4) is 0 Å². The Bertz CT molecular complexity index is 1060. The van der Waals surface area contributed by atoms with E-state index >= 15 is 0 Å². The van der Waals surface area contributed by atoms with Gasteiger partial charge >= 0.3 is 0 Å². The minimum atomic E-state index is -3.08. The highest BCUT2D eigenvalue weighted by Crippen LogP contribution is 2.36. The Hall–Kier alpha value is -2.16. The van der Waals surface area contributed by atoms with Gasteiger partial charge < -0.3 is 4.74 Å². The Kier molecular flexibility index (Phi) is 5.76. The van der Waals surface area contributed by atoms with Crippen molar-refractivity contribution in [1.29, 1.82) is 0 Å². The molecule has 0 radical (unpaired) electrons. The van der Waals surface area contributed by atoms with E-state index in [9.17, 15) is 13.2 Å². The van der Waals surface area contributed by atoms with Gasteiger partial charge in [0.1, 0.15) is 16.7 Å². The zero-order valence-corrected chi connectivity index (χ0v) is 17.9. The lowest BCUT2D eigenvalue weighted by Gasteiger charge is -2.20. The molecule has 150 valence electrons. The fourth-order valence-electron chi connectivity index (χ4n) is 3.33. The molecule has 2 fully saturated rings. The third-order valence-corrected chi connectivity index (χ3v) is 7.90. The molecule has 8 heteroatoms. The lowest BCUT2D eigenvalue weighted by Crippen LogP contribution is -2.39. The largest absolute Gasteiger partial charge is 0.489 e. The molecular weight excluding hydrogens is 426 g/mol. The molecule has 0 aromatic heterocycles. The van der Waals surface area contributed by atoms with E-state index in [1.807, 2.05) is 54.6 Å². The molecule has 2 aliphatic heterocycles. The van der Waals surface area contributed by atoms with Gasteiger partial charge in [0.05, 0.1) is 22.5 Å². The lowest BCUT2D eigenvalue weighted by molar-refractivity contribution is -0.123. The summed E-state index contributed by atoms with van der Waals surface area (Å²) in [6.45, 7) is 0.489. The Morgan fingerprint density at radius 3 is 2.52 bits per heavy atom. The van der Waals surface area contributed by atoms with Crippen LogP contribution in [0.5, 0.6) is 5.75 Å². The van der Waals surface area contributed by atoms with Crippen LogP contribution in [0, 0.1) is 0 Å². The smallest absolute Gasteiger partial charge is 0.266 e. The minimum absolute atomic E-state index is 0.0137. The SMILES string of the molecule is O=C1/C(=C\c2ccc(OCc3ccccc3)cc2)SC(=S)N1[C@@H]1CCS(=O)(=O)C1. The van der Waals surface area contributed by atoms with Crippen LogP contribution in [-0.2, 0) is 21.2 Å². The predicted molar refractivity (Wildman–Crippen MR) is 119 cm³/mol. The van der Waals surface area contributed by atoms with Gasteiger partial charge in [-0.05, 0) is 35.8 Å². The van der Waals surface area contributed by atoms with Crippen LogP contribution in [0.15, 0.2) is 59.5 Å². The fraction of sp³-hybridized carbons (Fsp3) is 0.238. The van der Waals surface area contributed by atoms with Crippen molar-refractivity contribution in [3.63, 3.8) is 0 Å². The third kappa shape index (κ3) is 4.71. The molecule has 4 rings (SSSR count). The highest BCUT2D eigenvalue weighted by molar-refractivity contribution is 8.26. The second-order valence-electron chi connectivity index (χ2n) is 6.95. The molecule has 0 bridgehead atoms. The molecule has 0 N–H and O–H groups in total. The molecule has 0 saturated carbocycles. The van der Waals surface area contributed by atoms with Gasteiger partial charge in [0.2, 0.25) is 0 Å². The first kappa shape index (κ1) is 20.1. The van der Waals surface area contributed by atoms with Gasteiger partial charge in [-0.1, -0.05) is 66.4 Å². The maximum Gasteiger partial charge on any atom is 0.266 e. The first-order valence-corrected chi connectivity index (χ1v) is 12.2. The number of thioether (sulfide) groups is 1. The molecule has 1 atom stereocenters. The molecule has 2 saturated heterocycles. The normalized spacial score (nSPS) is 22.4. The van der Waals surface area contributed by atoms with E-state index < -0.39 is 9.84 Å². The summed E-state index contributed by atoms with van der Waals surface area (Å²) in [5.41, 5.74) is 1.95. The van der Waals surface area contributed by atoms with E-state index in [4.69, 9.17) is 17.0 Å². The highest BCUT2D eigenvalue weighted by Gasteiger charge is 2.42. The standard InChI is InChI=1S/C21H19NO4S3/c23-20-19(28-21(27)22(20)17-10-11-29(24,25)14-17)12-15-6-8-18(9-7-15)26-13-16-4-2-1-3-5-16/h1-9,12,17H,10-11,13-14H2/b19-12+/t17-/m1/s1. The molecule has 1 amide bonds. The third-order valence-electron chi connectivity index (χ3n) is 4.82. The number of rotatable bonds is 5. The second kappa shape index (κ2) is 8.30. The Morgan fingerprint density at radius 1 is 1.14 bits per heavy atom. The first-order valence-electron chi connectivity index (χ1n) is 9.15. The van der Waals surface area contributed by atoms with Crippen molar-refractivity contribution in [3.8, 4) is 5.75 Å². The summed E-state index contributed by atoms with van der Waals surface area (Å²) in [7, 11) is -3.08. The van der Waals surface area contributed by atoms with Crippen molar-refractivity contribution in [2.45, 2.75) is 19.1 Å². The number of carbonyl (C=O) groups excluding carboxylic acids is 1. The maximum absolute atomic E-state index is 12.8. The summed E-state index contributed by atoms with van der Waals surface area (Å²) < 4.78 is 29.7. The maximum atomic E-state index is 12.8. The zero-order chi connectivity index (χ0) is 20.4. The topological polar surface area (TPSA) is 63.7 Å². The molecule has 2 heterocycles. The predicted octanol–water partition coefficient (Wildman–Crippen LogP) is 3.65. The molecule has 5 nitrogen and oxygen atoms in total. The van der Waals surface area contributed by atoms with Gasteiger partial charge in [-0.15, -0.1) is 0 Å². The van der Waals surface area contributed by atoms with E-state index in [1.54, 1.807) is 6.08 Å². The molecule has 0 unspecified atom stereocenters. The van der Waals surface area contributed by atoms with Crippen molar-refractivity contribution in [1.82, 2.24) is 4.90 Å². The van der Waals surface area contributed by atoms with Crippen LogP contribution in [0.2, 0.25) is 0 Å². The number of hydrogen-bond donors (Lipinski definition) is 0. The number of hydrogen-bond acceptors (Lipinski definition) is 6. The summed E-state index contributed by atoms with van der Waals surface area (Å²) in [4.78, 5) is 14.8. The number of amides is 1. The van der Waals surface area contributed by atoms with E-state index in [-0.39, 0.29) is 23.5 Å². The Labute approximate surface area is 179 Å². The van der Waals surface area contributed by atoms with E-state index in [0.717, 1.165) is 16.9 Å². The number of thiocarbonyl (C=S) groups is 1. The monoisotopic (exact) mass is 445 g/mol. The molecule has 2 aliphatic rings. The summed E-state index contributed by atoms with van der Waals surface area (Å²) >= 11 is 6.55. The second-order valence-corrected chi connectivity index (χ2v) is 10.9. The van der Waals surface area contributed by atoms with Crippen molar-refractivity contribution in [2.24, 2.45) is 0 Å². The minimum Gasteiger partial charge on any atom is -0.489 e. The van der Waals surface area contributed by atoms with Crippen LogP contribution >= 0.6 is 24.0 Å². The number of nitrogens with zero attached hydrogens (tertiary/aromatic N) is 1. The van der Waals surface area contributed by atoms with Gasteiger partial charge in [0, 0.05) is 0 Å². The van der Waals surface area contributed by atoms with Crippen molar-refractivity contribution in [2.75, 3.05) is 11.5 Å². The Balaban J connectivity index is 1.42. The van der Waals surface area contributed by atoms with E-state index in [0.29, 0.717) is 22.3 Å². The summed E-state index contributed by atoms with van der Waals surface area (Å²) in [6.07, 6.45) is 2.22. The number of benzene rings is 2. The Morgan fingerprint density at radius 2 is 1.86 bits per heavy atom. The summed E-state index contributed by atoms with van der Waals surface area (Å²) in [5, 5.41) is 0. The summed E-state index contributed by atoms with van der Waals surface area (Å²) in [6, 6.07) is 17.0. The van der Waals surface area contributed by atoms with E-state index in [2.05, 4.69) is 0 Å². The quantitative estimate of drug-likeness (QED) is 0.517. The number of sulfone groups is 1. The van der Waals surface area contributed by atoms with E-state index in [1.165, 1.54) is 16.7 Å².